The summed E-state index contributed by atoms with van der Waals surface area (Å²) in [6.45, 7) is 1.78. The van der Waals surface area contributed by atoms with Crippen LogP contribution in [0, 0.1) is 0 Å². The molecule has 5 nitrogen and oxygen atoms in total. The predicted molar refractivity (Wildman–Crippen MR) is 103 cm³/mol. The molecule has 1 fully saturated rings. The first kappa shape index (κ1) is 17.3. The lowest BCUT2D eigenvalue weighted by molar-refractivity contribution is -0.131. The molecule has 4 rings (SSSR count). The summed E-state index contributed by atoms with van der Waals surface area (Å²) in [6.07, 6.45) is 0. The predicted octanol–water partition coefficient (Wildman–Crippen LogP) is 4.57. The Morgan fingerprint density at radius 3 is 2.65 bits per heavy atom. The molecule has 132 valence electrons. The van der Waals surface area contributed by atoms with E-state index in [1.807, 2.05) is 24.3 Å². The molecule has 0 bridgehead atoms. The normalized spacial score (nSPS) is 20.0. The molecule has 1 aliphatic heterocycles. The van der Waals surface area contributed by atoms with Gasteiger partial charge in [-0.25, -0.2) is 9.78 Å². The molecule has 26 heavy (non-hydrogen) atoms. The molecule has 2 aromatic carbocycles. The molecule has 3 aromatic rings. The van der Waals surface area contributed by atoms with E-state index in [1.165, 1.54) is 16.2 Å². The molecule has 3 amide bonds. The molecule has 1 atom stereocenters. The monoisotopic (exact) mass is 405 g/mol. The molecule has 1 aromatic heterocycles. The van der Waals surface area contributed by atoms with Crippen LogP contribution < -0.4 is 5.32 Å². The number of nitrogens with one attached hydrogen (secondary N) is 1. The first-order chi connectivity index (χ1) is 12.4. The molecule has 2 heterocycles. The van der Waals surface area contributed by atoms with Gasteiger partial charge < -0.3 is 5.32 Å². The number of carbonyl (C=O) groups is 2. The maximum atomic E-state index is 13.0. The summed E-state index contributed by atoms with van der Waals surface area (Å²) in [6, 6.07) is 12.1. The highest BCUT2D eigenvalue weighted by molar-refractivity contribution is 7.18. The second kappa shape index (κ2) is 6.23. The second-order valence-corrected chi connectivity index (χ2v) is 8.08. The van der Waals surface area contributed by atoms with Crippen LogP contribution in [0.5, 0.6) is 0 Å². The largest absolute Gasteiger partial charge is 0.325 e. The molecule has 0 radical (unpaired) electrons. The van der Waals surface area contributed by atoms with Crippen molar-refractivity contribution in [2.24, 2.45) is 0 Å². The third-order valence-corrected chi connectivity index (χ3v) is 6.16. The van der Waals surface area contributed by atoms with Crippen LogP contribution in [0.3, 0.4) is 0 Å². The van der Waals surface area contributed by atoms with Gasteiger partial charge in [0, 0.05) is 0 Å². The Labute approximate surface area is 163 Å². The van der Waals surface area contributed by atoms with Crippen LogP contribution in [-0.2, 0) is 16.9 Å². The number of urea groups is 1. The average Bonchev–Trinajstić information content (AvgIpc) is 3.12. The summed E-state index contributed by atoms with van der Waals surface area (Å²) < 4.78 is 1.02. The van der Waals surface area contributed by atoms with Crippen LogP contribution in [0.1, 0.15) is 17.5 Å². The summed E-state index contributed by atoms with van der Waals surface area (Å²) in [7, 11) is 0. The van der Waals surface area contributed by atoms with Crippen LogP contribution in [0.2, 0.25) is 10.0 Å². The third kappa shape index (κ3) is 2.74. The van der Waals surface area contributed by atoms with Crippen LogP contribution in [-0.4, -0.2) is 21.8 Å². The Bertz CT molecular complexity index is 1020. The molecule has 0 spiro atoms. The van der Waals surface area contributed by atoms with Crippen molar-refractivity contribution >= 4 is 56.7 Å². The van der Waals surface area contributed by atoms with Gasteiger partial charge in [0.25, 0.3) is 5.91 Å². The first-order valence-electron chi connectivity index (χ1n) is 7.82. The zero-order valence-electron chi connectivity index (χ0n) is 13.6. The number of imide groups is 1. The molecular formula is C18H13Cl2N3O2S. The number of carbonyl (C=O) groups excluding carboxylic acids is 2. The van der Waals surface area contributed by atoms with Crippen molar-refractivity contribution in [3.63, 3.8) is 0 Å². The van der Waals surface area contributed by atoms with E-state index in [1.54, 1.807) is 25.1 Å². The molecule has 1 N–H and O–H groups in total. The zero-order valence-corrected chi connectivity index (χ0v) is 16.0. The molecule has 0 saturated carbocycles. The van der Waals surface area contributed by atoms with Crippen molar-refractivity contribution in [2.75, 3.05) is 0 Å². The van der Waals surface area contributed by atoms with Gasteiger partial charge >= 0.3 is 6.03 Å². The number of nitrogens with zero attached hydrogens (tertiary/aromatic N) is 2. The molecule has 1 saturated heterocycles. The minimum atomic E-state index is -1.19. The summed E-state index contributed by atoms with van der Waals surface area (Å²) in [4.78, 5) is 31.1. The standard InChI is InChI=1S/C18H13Cl2N3O2S/c1-18(10-6-7-11(19)12(20)8-10)16(24)23(17(25)22-18)9-15-21-13-4-2-3-5-14(13)26-15/h2-8H,9H2,1H3,(H,22,25). The summed E-state index contributed by atoms with van der Waals surface area (Å²) in [5, 5.41) is 4.18. The van der Waals surface area contributed by atoms with Gasteiger partial charge in [-0.05, 0) is 36.8 Å². The number of rotatable bonds is 3. The number of aromatic nitrogens is 1. The van der Waals surface area contributed by atoms with Gasteiger partial charge in [0.15, 0.2) is 0 Å². The van der Waals surface area contributed by atoms with Crippen LogP contribution in [0.15, 0.2) is 42.5 Å². The maximum Gasteiger partial charge on any atom is 0.325 e. The van der Waals surface area contributed by atoms with E-state index >= 15 is 0 Å². The minimum Gasteiger partial charge on any atom is -0.319 e. The van der Waals surface area contributed by atoms with Gasteiger partial charge in [0.1, 0.15) is 10.5 Å². The maximum absolute atomic E-state index is 13.0. The van der Waals surface area contributed by atoms with Crippen molar-refractivity contribution in [1.29, 1.82) is 0 Å². The van der Waals surface area contributed by atoms with Gasteiger partial charge in [0.2, 0.25) is 0 Å². The fourth-order valence-corrected chi connectivity index (χ4v) is 4.22. The number of para-hydroxylation sites is 1. The summed E-state index contributed by atoms with van der Waals surface area (Å²) in [5.74, 6) is -0.347. The quantitative estimate of drug-likeness (QED) is 0.649. The summed E-state index contributed by atoms with van der Waals surface area (Å²) in [5.41, 5.74) is 0.242. The molecule has 8 heteroatoms. The van der Waals surface area contributed by atoms with E-state index in [-0.39, 0.29) is 12.5 Å². The Kier molecular flexibility index (Phi) is 4.14. The zero-order chi connectivity index (χ0) is 18.5. The lowest BCUT2D eigenvalue weighted by Crippen LogP contribution is -2.40. The van der Waals surface area contributed by atoms with Crippen LogP contribution in [0.4, 0.5) is 4.79 Å². The molecule has 1 unspecified atom stereocenters. The third-order valence-electron chi connectivity index (χ3n) is 4.40. The number of halogens is 2. The molecular weight excluding hydrogens is 393 g/mol. The highest BCUT2D eigenvalue weighted by Gasteiger charge is 2.49. The SMILES string of the molecule is CC1(c2ccc(Cl)c(Cl)c2)NC(=O)N(Cc2nc3ccccc3s2)C1=O. The average molecular weight is 406 g/mol. The Hall–Kier alpha value is -2.15. The van der Waals surface area contributed by atoms with Crippen LogP contribution in [0.25, 0.3) is 10.2 Å². The van der Waals surface area contributed by atoms with E-state index in [9.17, 15) is 9.59 Å². The lowest BCUT2D eigenvalue weighted by Gasteiger charge is -2.22. The Balaban J connectivity index is 1.65. The fourth-order valence-electron chi connectivity index (χ4n) is 2.97. The fraction of sp³-hybridized carbons (Fsp3) is 0.167. The van der Waals surface area contributed by atoms with E-state index in [0.29, 0.717) is 20.6 Å². The molecule has 1 aliphatic rings. The smallest absolute Gasteiger partial charge is 0.319 e. The van der Waals surface area contributed by atoms with Crippen molar-refractivity contribution in [2.45, 2.75) is 19.0 Å². The van der Waals surface area contributed by atoms with E-state index < -0.39 is 11.6 Å². The van der Waals surface area contributed by atoms with Gasteiger partial charge in [0.05, 0.1) is 26.8 Å². The number of benzene rings is 2. The van der Waals surface area contributed by atoms with Gasteiger partial charge in [-0.15, -0.1) is 11.3 Å². The number of fused-ring (bicyclic) bond motifs is 1. The second-order valence-electron chi connectivity index (χ2n) is 6.15. The highest BCUT2D eigenvalue weighted by atomic mass is 35.5. The Morgan fingerprint density at radius 1 is 1.15 bits per heavy atom. The number of hydrogen-bond donors (Lipinski definition) is 1. The highest BCUT2D eigenvalue weighted by Crippen LogP contribution is 2.34. The number of thiazole rings is 1. The molecule has 0 aliphatic carbocycles. The lowest BCUT2D eigenvalue weighted by atomic mass is 9.92. The summed E-state index contributed by atoms with van der Waals surface area (Å²) >= 11 is 13.5. The van der Waals surface area contributed by atoms with Crippen molar-refractivity contribution in [1.82, 2.24) is 15.2 Å². The van der Waals surface area contributed by atoms with Gasteiger partial charge in [-0.3, -0.25) is 9.69 Å². The topological polar surface area (TPSA) is 62.3 Å². The van der Waals surface area contributed by atoms with Crippen LogP contribution >= 0.6 is 34.5 Å². The van der Waals surface area contributed by atoms with E-state index in [0.717, 1.165) is 10.2 Å². The van der Waals surface area contributed by atoms with Crippen molar-refractivity contribution < 1.29 is 9.59 Å². The van der Waals surface area contributed by atoms with E-state index in [4.69, 9.17) is 23.2 Å². The first-order valence-corrected chi connectivity index (χ1v) is 9.40. The number of hydrogen-bond acceptors (Lipinski definition) is 4. The van der Waals surface area contributed by atoms with Crippen molar-refractivity contribution in [3.05, 3.63) is 63.1 Å². The Morgan fingerprint density at radius 2 is 1.92 bits per heavy atom. The number of amides is 3. The van der Waals surface area contributed by atoms with Gasteiger partial charge in [-0.2, -0.15) is 0 Å². The van der Waals surface area contributed by atoms with E-state index in [2.05, 4.69) is 10.3 Å². The van der Waals surface area contributed by atoms with Crippen molar-refractivity contribution in [3.8, 4) is 0 Å². The van der Waals surface area contributed by atoms with Gasteiger partial charge in [-0.1, -0.05) is 41.4 Å². The minimum absolute atomic E-state index is 0.126.